The van der Waals surface area contributed by atoms with Crippen LogP contribution in [0.25, 0.3) is 0 Å². The number of rotatable bonds is 7. The van der Waals surface area contributed by atoms with Crippen molar-refractivity contribution in [2.45, 2.75) is 53.0 Å². The molecule has 0 aliphatic rings. The summed E-state index contributed by atoms with van der Waals surface area (Å²) >= 11 is 6.13. The van der Waals surface area contributed by atoms with Gasteiger partial charge >= 0.3 is 0 Å². The summed E-state index contributed by atoms with van der Waals surface area (Å²) < 4.78 is 13.1. The van der Waals surface area contributed by atoms with E-state index in [2.05, 4.69) is 33.0 Å². The molecule has 1 atom stereocenters. The first-order valence-corrected chi connectivity index (χ1v) is 7.45. The maximum Gasteiger partial charge on any atom is 0.124 e. The van der Waals surface area contributed by atoms with E-state index in [1.807, 2.05) is 0 Å². The van der Waals surface area contributed by atoms with Gasteiger partial charge in [0.15, 0.2) is 0 Å². The van der Waals surface area contributed by atoms with Gasteiger partial charge in [-0.1, -0.05) is 45.4 Å². The molecule has 0 heterocycles. The van der Waals surface area contributed by atoms with Gasteiger partial charge in [-0.05, 0) is 48.9 Å². The van der Waals surface area contributed by atoms with Crippen LogP contribution in [0.2, 0.25) is 5.02 Å². The van der Waals surface area contributed by atoms with E-state index in [0.717, 1.165) is 31.4 Å². The van der Waals surface area contributed by atoms with E-state index in [9.17, 15) is 4.39 Å². The Morgan fingerprint density at radius 1 is 1.32 bits per heavy atom. The van der Waals surface area contributed by atoms with E-state index >= 15 is 0 Å². The monoisotopic (exact) mass is 285 g/mol. The first-order valence-electron chi connectivity index (χ1n) is 7.08. The van der Waals surface area contributed by atoms with Crippen LogP contribution in [-0.4, -0.2) is 12.6 Å². The van der Waals surface area contributed by atoms with Crippen molar-refractivity contribution < 1.29 is 4.39 Å². The third kappa shape index (κ3) is 4.77. The zero-order valence-electron chi connectivity index (χ0n) is 12.4. The minimum absolute atomic E-state index is 0.187. The lowest BCUT2D eigenvalue weighted by Gasteiger charge is -2.35. The Kier molecular flexibility index (Phi) is 6.28. The van der Waals surface area contributed by atoms with Crippen molar-refractivity contribution in [2.75, 3.05) is 6.54 Å². The average molecular weight is 286 g/mol. The number of nitrogens with one attached hydrogen (secondary N) is 1. The molecule has 0 amide bonds. The summed E-state index contributed by atoms with van der Waals surface area (Å²) in [5.74, 6) is -0.276. The van der Waals surface area contributed by atoms with Gasteiger partial charge < -0.3 is 5.32 Å². The van der Waals surface area contributed by atoms with Crippen molar-refractivity contribution in [2.24, 2.45) is 5.41 Å². The number of hydrogen-bond acceptors (Lipinski definition) is 1. The van der Waals surface area contributed by atoms with Gasteiger partial charge in [-0.2, -0.15) is 0 Å². The summed E-state index contributed by atoms with van der Waals surface area (Å²) in [5, 5.41) is 4.12. The molecule has 0 fully saturated rings. The molecule has 19 heavy (non-hydrogen) atoms. The summed E-state index contributed by atoms with van der Waals surface area (Å²) in [6, 6.07) is 5.02. The highest BCUT2D eigenvalue weighted by Gasteiger charge is 2.27. The zero-order valence-corrected chi connectivity index (χ0v) is 13.1. The van der Waals surface area contributed by atoms with Crippen LogP contribution < -0.4 is 5.32 Å². The summed E-state index contributed by atoms with van der Waals surface area (Å²) in [7, 11) is 0. The molecule has 0 aromatic heterocycles. The van der Waals surface area contributed by atoms with E-state index < -0.39 is 0 Å². The smallest absolute Gasteiger partial charge is 0.124 e. The summed E-state index contributed by atoms with van der Waals surface area (Å²) in [6.45, 7) is 9.88. The Bertz CT molecular complexity index is 404. The molecule has 1 N–H and O–H groups in total. The maximum absolute atomic E-state index is 13.1. The summed E-state index contributed by atoms with van der Waals surface area (Å²) in [4.78, 5) is 0. The highest BCUT2D eigenvalue weighted by atomic mass is 35.5. The van der Waals surface area contributed by atoms with Crippen molar-refractivity contribution in [3.63, 3.8) is 0 Å². The second-order valence-electron chi connectivity index (χ2n) is 5.79. The molecule has 1 aromatic rings. The second-order valence-corrected chi connectivity index (χ2v) is 6.20. The van der Waals surface area contributed by atoms with E-state index in [1.54, 1.807) is 6.07 Å². The Morgan fingerprint density at radius 3 is 2.53 bits per heavy atom. The van der Waals surface area contributed by atoms with Crippen LogP contribution in [0.5, 0.6) is 0 Å². The van der Waals surface area contributed by atoms with E-state index in [-0.39, 0.29) is 11.2 Å². The van der Waals surface area contributed by atoms with Crippen LogP contribution in [0.15, 0.2) is 18.2 Å². The molecular weight excluding hydrogens is 261 g/mol. The lowest BCUT2D eigenvalue weighted by Crippen LogP contribution is -2.43. The lowest BCUT2D eigenvalue weighted by molar-refractivity contribution is 0.230. The van der Waals surface area contributed by atoms with Crippen molar-refractivity contribution in [1.82, 2.24) is 5.32 Å². The predicted molar refractivity (Wildman–Crippen MR) is 81.3 cm³/mol. The highest BCUT2D eigenvalue weighted by molar-refractivity contribution is 6.31. The Balaban J connectivity index is 2.87. The molecule has 3 heteroatoms. The fourth-order valence-electron chi connectivity index (χ4n) is 2.10. The first kappa shape index (κ1) is 16.5. The molecule has 1 unspecified atom stereocenters. The maximum atomic E-state index is 13.1. The molecular formula is C16H25ClFN. The molecule has 108 valence electrons. The molecule has 0 saturated carbocycles. The summed E-state index contributed by atoms with van der Waals surface area (Å²) in [6.07, 6.45) is 3.03. The van der Waals surface area contributed by atoms with Crippen LogP contribution in [0, 0.1) is 11.2 Å². The molecule has 0 aliphatic heterocycles. The summed E-state index contributed by atoms with van der Waals surface area (Å²) in [5.41, 5.74) is 1.20. The first-order chi connectivity index (χ1) is 8.90. The topological polar surface area (TPSA) is 12.0 Å². The minimum Gasteiger partial charge on any atom is -0.313 e. The van der Waals surface area contributed by atoms with E-state index in [4.69, 9.17) is 11.6 Å². The lowest BCUT2D eigenvalue weighted by atomic mass is 9.79. The molecule has 1 rings (SSSR count). The van der Waals surface area contributed by atoms with E-state index in [0.29, 0.717) is 11.1 Å². The molecule has 1 nitrogen and oxygen atoms in total. The molecule has 1 aromatic carbocycles. The number of hydrogen-bond donors (Lipinski definition) is 1. The third-order valence-corrected chi connectivity index (χ3v) is 4.29. The van der Waals surface area contributed by atoms with E-state index in [1.165, 1.54) is 12.1 Å². The van der Waals surface area contributed by atoms with Gasteiger partial charge in [0, 0.05) is 11.1 Å². The Morgan fingerprint density at radius 2 is 2.00 bits per heavy atom. The van der Waals surface area contributed by atoms with Crippen LogP contribution >= 0.6 is 11.6 Å². The normalized spacial score (nSPS) is 13.6. The quantitative estimate of drug-likeness (QED) is 0.757. The fourth-order valence-corrected chi connectivity index (χ4v) is 2.34. The van der Waals surface area contributed by atoms with Gasteiger partial charge in [-0.3, -0.25) is 0 Å². The van der Waals surface area contributed by atoms with Crippen molar-refractivity contribution >= 4 is 11.6 Å². The molecule has 0 aliphatic carbocycles. The SMILES string of the molecule is CCCNC(Cc1ccc(F)cc1Cl)C(C)(C)CC. The number of halogens is 2. The molecule has 0 spiro atoms. The molecule has 0 radical (unpaired) electrons. The van der Waals surface area contributed by atoms with Crippen LogP contribution in [0.3, 0.4) is 0 Å². The van der Waals surface area contributed by atoms with Crippen molar-refractivity contribution in [3.8, 4) is 0 Å². The predicted octanol–water partition coefficient (Wildman–Crippen LogP) is 4.83. The third-order valence-electron chi connectivity index (χ3n) is 3.93. The van der Waals surface area contributed by atoms with Gasteiger partial charge in [-0.15, -0.1) is 0 Å². The van der Waals surface area contributed by atoms with Crippen LogP contribution in [0.1, 0.15) is 46.1 Å². The second kappa shape index (κ2) is 7.25. The van der Waals surface area contributed by atoms with Crippen molar-refractivity contribution in [1.29, 1.82) is 0 Å². The Hall–Kier alpha value is -0.600. The fraction of sp³-hybridized carbons (Fsp3) is 0.625. The van der Waals surface area contributed by atoms with Crippen molar-refractivity contribution in [3.05, 3.63) is 34.6 Å². The standard InChI is InChI=1S/C16H25ClFN/c1-5-9-19-15(16(3,4)6-2)10-12-7-8-13(18)11-14(12)17/h7-8,11,15,19H,5-6,9-10H2,1-4H3. The van der Waals surface area contributed by atoms with Gasteiger partial charge in [-0.25, -0.2) is 4.39 Å². The van der Waals surface area contributed by atoms with Gasteiger partial charge in [0.05, 0.1) is 0 Å². The van der Waals surface area contributed by atoms with Gasteiger partial charge in [0.2, 0.25) is 0 Å². The number of benzene rings is 1. The van der Waals surface area contributed by atoms with Crippen LogP contribution in [0.4, 0.5) is 4.39 Å². The molecule has 0 bridgehead atoms. The zero-order chi connectivity index (χ0) is 14.5. The minimum atomic E-state index is -0.276. The average Bonchev–Trinajstić information content (AvgIpc) is 2.36. The largest absolute Gasteiger partial charge is 0.313 e. The molecule has 0 saturated heterocycles. The highest BCUT2D eigenvalue weighted by Crippen LogP contribution is 2.29. The van der Waals surface area contributed by atoms with Crippen LogP contribution in [-0.2, 0) is 6.42 Å². The van der Waals surface area contributed by atoms with Gasteiger partial charge in [0.1, 0.15) is 5.82 Å². The Labute approximate surface area is 121 Å². The van der Waals surface area contributed by atoms with Gasteiger partial charge in [0.25, 0.3) is 0 Å².